The van der Waals surface area contributed by atoms with Gasteiger partial charge in [-0.25, -0.2) is 0 Å². The molecule has 2 nitrogen and oxygen atoms in total. The number of hydroxylamine groups is 2. The fraction of sp³-hybridized carbons (Fsp3) is 0.571. The van der Waals surface area contributed by atoms with E-state index in [9.17, 15) is 0 Å². The van der Waals surface area contributed by atoms with Gasteiger partial charge in [0.15, 0.2) is 0 Å². The summed E-state index contributed by atoms with van der Waals surface area (Å²) in [5.41, 5.74) is 2.51. The molecule has 16 heavy (non-hydrogen) atoms. The molecule has 0 bridgehead atoms. The van der Waals surface area contributed by atoms with Crippen molar-refractivity contribution in [3.63, 3.8) is 0 Å². The molecule has 1 rings (SSSR count). The van der Waals surface area contributed by atoms with Crippen LogP contribution in [0.5, 0.6) is 0 Å². The van der Waals surface area contributed by atoms with Crippen LogP contribution < -0.4 is 0 Å². The number of nitrogens with zero attached hydrogens (tertiary/aromatic N) is 1. The van der Waals surface area contributed by atoms with E-state index in [0.29, 0.717) is 6.61 Å². The minimum Gasteiger partial charge on any atom is -0.295 e. The van der Waals surface area contributed by atoms with Gasteiger partial charge in [-0.3, -0.25) is 4.84 Å². The molecule has 0 aliphatic rings. The molecule has 2 heteroatoms. The zero-order valence-corrected chi connectivity index (χ0v) is 11.3. The highest BCUT2D eigenvalue weighted by Crippen LogP contribution is 2.05. The number of hydrogen-bond donors (Lipinski definition) is 0. The Labute approximate surface area is 100 Å². The van der Waals surface area contributed by atoms with Crippen LogP contribution >= 0.6 is 0 Å². The van der Waals surface area contributed by atoms with Gasteiger partial charge < -0.3 is 0 Å². The Morgan fingerprint density at radius 1 is 1.12 bits per heavy atom. The molecule has 0 spiro atoms. The molecule has 0 heterocycles. The van der Waals surface area contributed by atoms with Gasteiger partial charge in [0.1, 0.15) is 0 Å². The monoisotopic (exact) mass is 223 g/mol. The van der Waals surface area contributed by atoms with E-state index in [-0.39, 0.29) is 0 Å². The third-order valence-electron chi connectivity index (χ3n) is 2.11. The first-order chi connectivity index (χ1) is 7.72. The maximum atomic E-state index is 5.54. The summed E-state index contributed by atoms with van der Waals surface area (Å²) in [6.07, 6.45) is 1.12. The zero-order chi connectivity index (χ0) is 12.4. The van der Waals surface area contributed by atoms with E-state index in [4.69, 9.17) is 4.84 Å². The number of hydrogen-bond acceptors (Lipinski definition) is 2. The van der Waals surface area contributed by atoms with Gasteiger partial charge in [-0.2, -0.15) is 5.06 Å². The zero-order valence-electron chi connectivity index (χ0n) is 11.3. The molecule has 0 saturated heterocycles. The van der Waals surface area contributed by atoms with Crippen molar-refractivity contribution in [3.05, 3.63) is 35.4 Å². The fourth-order valence-corrected chi connectivity index (χ4v) is 1.25. The van der Waals surface area contributed by atoms with Crippen molar-refractivity contribution in [1.29, 1.82) is 0 Å². The topological polar surface area (TPSA) is 12.5 Å². The Balaban J connectivity index is 0.00000106. The summed E-state index contributed by atoms with van der Waals surface area (Å²) >= 11 is 0. The molecule has 0 saturated carbocycles. The van der Waals surface area contributed by atoms with Crippen molar-refractivity contribution < 1.29 is 4.84 Å². The summed E-state index contributed by atoms with van der Waals surface area (Å²) in [6, 6.07) is 8.43. The van der Waals surface area contributed by atoms with Crippen LogP contribution in [0.1, 0.15) is 38.3 Å². The van der Waals surface area contributed by atoms with Crippen LogP contribution in [0.4, 0.5) is 0 Å². The molecule has 0 unspecified atom stereocenters. The minimum absolute atomic E-state index is 0.663. The summed E-state index contributed by atoms with van der Waals surface area (Å²) in [7, 11) is 1.97. The third kappa shape index (κ3) is 6.59. The predicted molar refractivity (Wildman–Crippen MR) is 70.2 cm³/mol. The molecule has 92 valence electrons. The van der Waals surface area contributed by atoms with E-state index in [1.54, 1.807) is 0 Å². The molecule has 0 radical (unpaired) electrons. The summed E-state index contributed by atoms with van der Waals surface area (Å²) in [4.78, 5) is 5.54. The summed E-state index contributed by atoms with van der Waals surface area (Å²) < 4.78 is 0. The van der Waals surface area contributed by atoms with Crippen molar-refractivity contribution in [2.45, 2.75) is 40.7 Å². The normalized spacial score (nSPS) is 9.88. The van der Waals surface area contributed by atoms with Gasteiger partial charge in [0.05, 0.1) is 6.61 Å². The van der Waals surface area contributed by atoms with Crippen LogP contribution in [0, 0.1) is 6.92 Å². The van der Waals surface area contributed by atoms with Crippen molar-refractivity contribution in [2.24, 2.45) is 0 Å². The first-order valence-electron chi connectivity index (χ1n) is 6.12. The first-order valence-corrected chi connectivity index (χ1v) is 6.12. The standard InChI is InChI=1S/C12H19NO.C2H6/c1-4-9-13(3)14-10-12-7-5-11(2)6-8-12;1-2/h5-8H,4,9-10H2,1-3H3;1-2H3. The van der Waals surface area contributed by atoms with Crippen LogP contribution in [0.3, 0.4) is 0 Å². The molecule has 1 aromatic rings. The highest BCUT2D eigenvalue weighted by Gasteiger charge is 1.97. The molecule has 0 aliphatic carbocycles. The minimum atomic E-state index is 0.663. The Kier molecular flexibility index (Phi) is 8.87. The van der Waals surface area contributed by atoms with E-state index in [0.717, 1.165) is 13.0 Å². The van der Waals surface area contributed by atoms with Gasteiger partial charge in [-0.1, -0.05) is 50.6 Å². The first kappa shape index (κ1) is 15.1. The second kappa shape index (κ2) is 9.37. The van der Waals surface area contributed by atoms with Crippen LogP contribution in [0.25, 0.3) is 0 Å². The van der Waals surface area contributed by atoms with E-state index in [2.05, 4.69) is 38.1 Å². The average Bonchev–Trinajstić information content (AvgIpc) is 2.31. The molecule has 0 N–H and O–H groups in total. The van der Waals surface area contributed by atoms with Gasteiger partial charge >= 0.3 is 0 Å². The van der Waals surface area contributed by atoms with E-state index in [1.165, 1.54) is 11.1 Å². The van der Waals surface area contributed by atoms with Crippen molar-refractivity contribution in [3.8, 4) is 0 Å². The van der Waals surface area contributed by atoms with Crippen LogP contribution in [-0.4, -0.2) is 18.7 Å². The highest BCUT2D eigenvalue weighted by molar-refractivity contribution is 5.20. The quantitative estimate of drug-likeness (QED) is 0.704. The van der Waals surface area contributed by atoms with Gasteiger partial charge in [-0.05, 0) is 18.9 Å². The molecule has 0 aromatic heterocycles. The summed E-state index contributed by atoms with van der Waals surface area (Å²) in [6.45, 7) is 9.88. The lowest BCUT2D eigenvalue weighted by Gasteiger charge is -2.15. The molecular weight excluding hydrogens is 198 g/mol. The second-order valence-electron chi connectivity index (χ2n) is 3.61. The van der Waals surface area contributed by atoms with E-state index < -0.39 is 0 Å². The Bertz CT molecular complexity index is 256. The molecule has 0 aliphatic heterocycles. The van der Waals surface area contributed by atoms with Gasteiger partial charge in [0, 0.05) is 13.6 Å². The predicted octanol–water partition coefficient (Wildman–Crippen LogP) is 3.79. The molecular formula is C14H25NO. The SMILES string of the molecule is CC.CCCN(C)OCc1ccc(C)cc1. The Hall–Kier alpha value is -0.860. The molecule has 0 fully saturated rings. The van der Waals surface area contributed by atoms with E-state index >= 15 is 0 Å². The van der Waals surface area contributed by atoms with E-state index in [1.807, 2.05) is 26.0 Å². The number of rotatable bonds is 5. The van der Waals surface area contributed by atoms with Gasteiger partial charge in [0.25, 0.3) is 0 Å². The summed E-state index contributed by atoms with van der Waals surface area (Å²) in [5, 5.41) is 1.89. The van der Waals surface area contributed by atoms with Crippen LogP contribution in [-0.2, 0) is 11.4 Å². The average molecular weight is 223 g/mol. The lowest BCUT2D eigenvalue weighted by atomic mass is 10.2. The Morgan fingerprint density at radius 3 is 2.19 bits per heavy atom. The van der Waals surface area contributed by atoms with Crippen molar-refractivity contribution >= 4 is 0 Å². The van der Waals surface area contributed by atoms with Crippen molar-refractivity contribution in [2.75, 3.05) is 13.6 Å². The molecule has 0 atom stereocenters. The molecule has 1 aromatic carbocycles. The van der Waals surface area contributed by atoms with Crippen LogP contribution in [0.15, 0.2) is 24.3 Å². The van der Waals surface area contributed by atoms with Crippen molar-refractivity contribution in [1.82, 2.24) is 5.06 Å². The summed E-state index contributed by atoms with van der Waals surface area (Å²) in [5.74, 6) is 0. The smallest absolute Gasteiger partial charge is 0.0935 e. The Morgan fingerprint density at radius 2 is 1.69 bits per heavy atom. The maximum absolute atomic E-state index is 5.54. The lowest BCUT2D eigenvalue weighted by molar-refractivity contribution is -0.150. The lowest BCUT2D eigenvalue weighted by Crippen LogP contribution is -2.19. The number of aryl methyl sites for hydroxylation is 1. The fourth-order valence-electron chi connectivity index (χ4n) is 1.25. The number of benzene rings is 1. The van der Waals surface area contributed by atoms with Gasteiger partial charge in [-0.15, -0.1) is 0 Å². The molecule has 0 amide bonds. The largest absolute Gasteiger partial charge is 0.295 e. The third-order valence-corrected chi connectivity index (χ3v) is 2.11. The van der Waals surface area contributed by atoms with Gasteiger partial charge in [0.2, 0.25) is 0 Å². The second-order valence-corrected chi connectivity index (χ2v) is 3.61. The van der Waals surface area contributed by atoms with Crippen LogP contribution in [0.2, 0.25) is 0 Å². The maximum Gasteiger partial charge on any atom is 0.0935 e. The highest BCUT2D eigenvalue weighted by atomic mass is 16.7.